The molecule has 2 N–H and O–H groups in total. The fraction of sp³-hybridized carbons (Fsp3) is 0.875. The van der Waals surface area contributed by atoms with E-state index < -0.39 is 0 Å². The average Bonchev–Trinajstić information content (AvgIpc) is 2.41. The van der Waals surface area contributed by atoms with E-state index in [0.717, 1.165) is 6.42 Å². The van der Waals surface area contributed by atoms with E-state index in [0.29, 0.717) is 0 Å². The molecule has 3 heteroatoms. The predicted molar refractivity (Wildman–Crippen MR) is 41.9 cm³/mol. The first-order chi connectivity index (χ1) is 4.90. The van der Waals surface area contributed by atoms with Crippen LogP contribution in [0.25, 0.3) is 0 Å². The summed E-state index contributed by atoms with van der Waals surface area (Å²) in [6.45, 7) is 5.58. The first-order valence-corrected chi connectivity index (χ1v) is 3.88. The largest absolute Gasteiger partial charge is 0.460 e. The van der Waals surface area contributed by atoms with Crippen LogP contribution < -0.4 is 5.73 Å². The standard InChI is InChI=1S/C8H15NO2/c1-8(2,3)11-7(10)5-4-6(5)9/h5-6H,4,9H2,1-3H3. The summed E-state index contributed by atoms with van der Waals surface area (Å²) in [5.41, 5.74) is 5.11. The summed E-state index contributed by atoms with van der Waals surface area (Å²) in [6.07, 6.45) is 0.787. The first kappa shape index (κ1) is 8.53. The van der Waals surface area contributed by atoms with Gasteiger partial charge in [-0.2, -0.15) is 0 Å². The maximum absolute atomic E-state index is 11.1. The number of hydrogen-bond acceptors (Lipinski definition) is 3. The van der Waals surface area contributed by atoms with E-state index in [1.54, 1.807) is 0 Å². The molecule has 3 nitrogen and oxygen atoms in total. The quantitative estimate of drug-likeness (QED) is 0.569. The van der Waals surface area contributed by atoms with Crippen LogP contribution in [0.5, 0.6) is 0 Å². The molecule has 1 aliphatic rings. The molecule has 0 saturated heterocycles. The molecule has 2 atom stereocenters. The number of carbonyl (C=O) groups excluding carboxylic acids is 1. The van der Waals surface area contributed by atoms with Crippen molar-refractivity contribution >= 4 is 5.97 Å². The van der Waals surface area contributed by atoms with Crippen LogP contribution in [0.2, 0.25) is 0 Å². The van der Waals surface area contributed by atoms with Crippen molar-refractivity contribution in [2.24, 2.45) is 11.7 Å². The van der Waals surface area contributed by atoms with Crippen LogP contribution in [-0.4, -0.2) is 17.6 Å². The Morgan fingerprint density at radius 1 is 1.55 bits per heavy atom. The Morgan fingerprint density at radius 3 is 2.27 bits per heavy atom. The summed E-state index contributed by atoms with van der Waals surface area (Å²) < 4.78 is 5.11. The zero-order chi connectivity index (χ0) is 8.65. The van der Waals surface area contributed by atoms with E-state index in [1.165, 1.54) is 0 Å². The lowest BCUT2D eigenvalue weighted by atomic mass is 10.2. The van der Waals surface area contributed by atoms with Gasteiger partial charge in [0.25, 0.3) is 0 Å². The first-order valence-electron chi connectivity index (χ1n) is 3.88. The molecule has 0 aromatic heterocycles. The van der Waals surface area contributed by atoms with Gasteiger partial charge in [-0.1, -0.05) is 0 Å². The highest BCUT2D eigenvalue weighted by molar-refractivity contribution is 5.76. The third-order valence-electron chi connectivity index (χ3n) is 1.55. The third kappa shape index (κ3) is 2.50. The van der Waals surface area contributed by atoms with Gasteiger partial charge in [-0.05, 0) is 27.2 Å². The van der Waals surface area contributed by atoms with Gasteiger partial charge in [0.15, 0.2) is 0 Å². The summed E-state index contributed by atoms with van der Waals surface area (Å²) in [6, 6.07) is 0.0462. The van der Waals surface area contributed by atoms with Gasteiger partial charge < -0.3 is 10.5 Å². The van der Waals surface area contributed by atoms with E-state index in [1.807, 2.05) is 20.8 Å². The number of ether oxygens (including phenoxy) is 1. The summed E-state index contributed by atoms with van der Waals surface area (Å²) in [5, 5.41) is 0. The molecule has 0 aliphatic heterocycles. The average molecular weight is 157 g/mol. The zero-order valence-corrected chi connectivity index (χ0v) is 7.26. The Kier molecular flexibility index (Phi) is 1.92. The predicted octanol–water partition coefficient (Wildman–Crippen LogP) is 0.675. The van der Waals surface area contributed by atoms with Gasteiger partial charge >= 0.3 is 5.97 Å². The molecule has 2 unspecified atom stereocenters. The summed E-state index contributed by atoms with van der Waals surface area (Å²) in [7, 11) is 0. The normalized spacial score (nSPS) is 29.8. The Bertz CT molecular complexity index is 171. The van der Waals surface area contributed by atoms with Gasteiger partial charge in [0, 0.05) is 6.04 Å². The molecule has 1 saturated carbocycles. The Balaban J connectivity index is 2.33. The molecule has 0 radical (unpaired) electrons. The highest BCUT2D eigenvalue weighted by Gasteiger charge is 2.42. The second kappa shape index (κ2) is 2.48. The molecule has 64 valence electrons. The molecule has 0 amide bonds. The fourth-order valence-electron chi connectivity index (χ4n) is 0.863. The molecular formula is C8H15NO2. The SMILES string of the molecule is CC(C)(C)OC(=O)C1CC1N. The van der Waals surface area contributed by atoms with Crippen molar-refractivity contribution < 1.29 is 9.53 Å². The van der Waals surface area contributed by atoms with Gasteiger partial charge in [0.2, 0.25) is 0 Å². The van der Waals surface area contributed by atoms with Crippen molar-refractivity contribution in [1.29, 1.82) is 0 Å². The van der Waals surface area contributed by atoms with Crippen LogP contribution in [0.4, 0.5) is 0 Å². The van der Waals surface area contributed by atoms with E-state index in [9.17, 15) is 4.79 Å². The topological polar surface area (TPSA) is 52.3 Å². The van der Waals surface area contributed by atoms with Gasteiger partial charge in [0.1, 0.15) is 5.60 Å². The number of nitrogens with two attached hydrogens (primary N) is 1. The van der Waals surface area contributed by atoms with Gasteiger partial charge in [-0.25, -0.2) is 0 Å². The fourth-order valence-corrected chi connectivity index (χ4v) is 0.863. The maximum atomic E-state index is 11.1. The van der Waals surface area contributed by atoms with Crippen molar-refractivity contribution in [2.75, 3.05) is 0 Å². The van der Waals surface area contributed by atoms with Crippen molar-refractivity contribution in [1.82, 2.24) is 0 Å². The lowest BCUT2D eigenvalue weighted by Crippen LogP contribution is -2.26. The number of carbonyl (C=O) groups is 1. The molecular weight excluding hydrogens is 142 g/mol. The minimum atomic E-state index is -0.376. The molecule has 0 aromatic rings. The van der Waals surface area contributed by atoms with Crippen LogP contribution in [-0.2, 0) is 9.53 Å². The lowest BCUT2D eigenvalue weighted by Gasteiger charge is -2.19. The van der Waals surface area contributed by atoms with E-state index >= 15 is 0 Å². The van der Waals surface area contributed by atoms with Crippen LogP contribution in [0, 0.1) is 5.92 Å². The summed E-state index contributed by atoms with van der Waals surface area (Å²) >= 11 is 0. The molecule has 1 fully saturated rings. The van der Waals surface area contributed by atoms with Crippen LogP contribution in [0.3, 0.4) is 0 Å². The second-order valence-corrected chi connectivity index (χ2v) is 4.04. The number of hydrogen-bond donors (Lipinski definition) is 1. The lowest BCUT2D eigenvalue weighted by molar-refractivity contribution is -0.156. The zero-order valence-electron chi connectivity index (χ0n) is 7.26. The van der Waals surface area contributed by atoms with Crippen molar-refractivity contribution in [3.8, 4) is 0 Å². The molecule has 11 heavy (non-hydrogen) atoms. The Labute approximate surface area is 66.9 Å². The molecule has 0 spiro atoms. The number of rotatable bonds is 1. The Hall–Kier alpha value is -0.570. The second-order valence-electron chi connectivity index (χ2n) is 4.04. The molecule has 1 rings (SSSR count). The molecule has 0 bridgehead atoms. The Morgan fingerprint density at radius 2 is 2.00 bits per heavy atom. The minimum absolute atomic E-state index is 0.0331. The molecule has 0 heterocycles. The van der Waals surface area contributed by atoms with Crippen molar-refractivity contribution in [3.05, 3.63) is 0 Å². The maximum Gasteiger partial charge on any atom is 0.311 e. The summed E-state index contributed by atoms with van der Waals surface area (Å²) in [5.74, 6) is -0.181. The van der Waals surface area contributed by atoms with Crippen LogP contribution >= 0.6 is 0 Å². The van der Waals surface area contributed by atoms with E-state index in [-0.39, 0.29) is 23.5 Å². The molecule has 0 aromatic carbocycles. The van der Waals surface area contributed by atoms with Gasteiger partial charge in [-0.15, -0.1) is 0 Å². The highest BCUT2D eigenvalue weighted by Crippen LogP contribution is 2.30. The third-order valence-corrected chi connectivity index (χ3v) is 1.55. The monoisotopic (exact) mass is 157 g/mol. The van der Waals surface area contributed by atoms with Crippen LogP contribution in [0.1, 0.15) is 27.2 Å². The summed E-state index contributed by atoms with van der Waals surface area (Å²) in [4.78, 5) is 11.1. The smallest absolute Gasteiger partial charge is 0.311 e. The minimum Gasteiger partial charge on any atom is -0.460 e. The van der Waals surface area contributed by atoms with Crippen molar-refractivity contribution in [2.45, 2.75) is 38.8 Å². The van der Waals surface area contributed by atoms with Crippen LogP contribution in [0.15, 0.2) is 0 Å². The number of esters is 1. The van der Waals surface area contributed by atoms with E-state index in [2.05, 4.69) is 0 Å². The molecule has 1 aliphatic carbocycles. The van der Waals surface area contributed by atoms with Gasteiger partial charge in [-0.3, -0.25) is 4.79 Å². The highest BCUT2D eigenvalue weighted by atomic mass is 16.6. The van der Waals surface area contributed by atoms with E-state index in [4.69, 9.17) is 10.5 Å². The van der Waals surface area contributed by atoms with Crippen molar-refractivity contribution in [3.63, 3.8) is 0 Å². The van der Waals surface area contributed by atoms with Gasteiger partial charge in [0.05, 0.1) is 5.92 Å².